The molecule has 20 heavy (non-hydrogen) atoms. The maximum absolute atomic E-state index is 9.93. The van der Waals surface area contributed by atoms with Crippen molar-refractivity contribution in [1.82, 2.24) is 4.98 Å². The van der Waals surface area contributed by atoms with Crippen molar-refractivity contribution in [1.29, 1.82) is 0 Å². The standard InChI is InChI=1S/C16H24N2OS/c1-2-3-13-14(19)17-15(20-13)18-16-7-10-4-11(8-16)6-12(5-10)9-16/h10-12,19H,2-9H2,1H3,(H,17,18). The van der Waals surface area contributed by atoms with Crippen LogP contribution in [0, 0.1) is 17.8 Å². The van der Waals surface area contributed by atoms with Crippen LogP contribution in [-0.4, -0.2) is 15.6 Å². The van der Waals surface area contributed by atoms with E-state index in [1.54, 1.807) is 11.3 Å². The first kappa shape index (κ1) is 12.9. The lowest BCUT2D eigenvalue weighted by Gasteiger charge is -2.56. The number of hydrogen-bond donors (Lipinski definition) is 2. The molecule has 4 aliphatic carbocycles. The highest BCUT2D eigenvalue weighted by Crippen LogP contribution is 2.56. The van der Waals surface area contributed by atoms with Gasteiger partial charge >= 0.3 is 0 Å². The lowest BCUT2D eigenvalue weighted by Crippen LogP contribution is -2.54. The zero-order chi connectivity index (χ0) is 13.7. The third-order valence-electron chi connectivity index (χ3n) is 5.56. The summed E-state index contributed by atoms with van der Waals surface area (Å²) in [5.41, 5.74) is 0.294. The van der Waals surface area contributed by atoms with Crippen molar-refractivity contribution >= 4 is 16.5 Å². The number of hydrogen-bond acceptors (Lipinski definition) is 4. The molecule has 4 fully saturated rings. The average Bonchev–Trinajstić information content (AvgIpc) is 2.67. The second-order valence-corrected chi connectivity index (χ2v) is 8.42. The Morgan fingerprint density at radius 2 is 1.80 bits per heavy atom. The molecule has 0 spiro atoms. The van der Waals surface area contributed by atoms with E-state index in [-0.39, 0.29) is 5.88 Å². The summed E-state index contributed by atoms with van der Waals surface area (Å²) in [6.07, 6.45) is 10.4. The van der Waals surface area contributed by atoms with Gasteiger partial charge in [0.1, 0.15) is 0 Å². The van der Waals surface area contributed by atoms with Gasteiger partial charge in [-0.25, -0.2) is 0 Å². The van der Waals surface area contributed by atoms with E-state index in [1.807, 2.05) is 0 Å². The minimum Gasteiger partial charge on any atom is -0.492 e. The zero-order valence-electron chi connectivity index (χ0n) is 12.2. The summed E-state index contributed by atoms with van der Waals surface area (Å²) in [6.45, 7) is 2.14. The molecule has 5 rings (SSSR count). The molecule has 1 heterocycles. The Kier molecular flexibility index (Phi) is 2.99. The molecular formula is C16H24N2OS. The highest BCUT2D eigenvalue weighted by Gasteiger charge is 2.51. The Balaban J connectivity index is 1.55. The number of thiazole rings is 1. The fourth-order valence-electron chi connectivity index (χ4n) is 5.28. The van der Waals surface area contributed by atoms with E-state index in [0.29, 0.717) is 5.54 Å². The monoisotopic (exact) mass is 292 g/mol. The maximum atomic E-state index is 9.93. The van der Waals surface area contributed by atoms with Crippen molar-refractivity contribution in [2.75, 3.05) is 5.32 Å². The molecule has 110 valence electrons. The predicted molar refractivity (Wildman–Crippen MR) is 82.3 cm³/mol. The van der Waals surface area contributed by atoms with Gasteiger partial charge in [-0.3, -0.25) is 0 Å². The molecule has 1 aromatic rings. The first-order chi connectivity index (χ1) is 9.66. The minimum atomic E-state index is 0.254. The van der Waals surface area contributed by atoms with Gasteiger partial charge in [0.25, 0.3) is 0 Å². The van der Waals surface area contributed by atoms with Crippen LogP contribution in [-0.2, 0) is 6.42 Å². The topological polar surface area (TPSA) is 45.2 Å². The largest absolute Gasteiger partial charge is 0.492 e. The molecule has 4 saturated carbocycles. The van der Waals surface area contributed by atoms with Gasteiger partial charge in [0.05, 0.1) is 4.88 Å². The lowest BCUT2D eigenvalue weighted by atomic mass is 9.53. The number of aryl methyl sites for hydroxylation is 1. The smallest absolute Gasteiger partial charge is 0.227 e. The van der Waals surface area contributed by atoms with Crippen LogP contribution in [0.25, 0.3) is 0 Å². The van der Waals surface area contributed by atoms with E-state index in [0.717, 1.165) is 40.6 Å². The SMILES string of the molecule is CCCc1sc(NC23CC4CC(CC(C4)C2)C3)nc1O. The fraction of sp³-hybridized carbons (Fsp3) is 0.812. The summed E-state index contributed by atoms with van der Waals surface area (Å²) < 4.78 is 0. The van der Waals surface area contributed by atoms with Crippen LogP contribution in [0.15, 0.2) is 0 Å². The highest BCUT2D eigenvalue weighted by atomic mass is 32.1. The molecule has 0 radical (unpaired) electrons. The summed E-state index contributed by atoms with van der Waals surface area (Å²) in [5.74, 6) is 3.08. The number of aromatic nitrogens is 1. The first-order valence-corrected chi connectivity index (χ1v) is 8.94. The molecule has 1 aromatic heterocycles. The number of anilines is 1. The summed E-state index contributed by atoms with van der Waals surface area (Å²) in [5, 5.41) is 14.6. The van der Waals surface area contributed by atoms with Gasteiger partial charge in [-0.15, -0.1) is 0 Å². The minimum absolute atomic E-state index is 0.254. The normalized spacial score (nSPS) is 38.4. The van der Waals surface area contributed by atoms with Crippen LogP contribution in [0.5, 0.6) is 5.88 Å². The van der Waals surface area contributed by atoms with Crippen molar-refractivity contribution in [2.45, 2.75) is 63.8 Å². The van der Waals surface area contributed by atoms with E-state index in [9.17, 15) is 5.11 Å². The molecule has 4 bridgehead atoms. The van der Waals surface area contributed by atoms with Crippen LogP contribution >= 0.6 is 11.3 Å². The molecule has 4 aliphatic rings. The van der Waals surface area contributed by atoms with Crippen LogP contribution in [0.2, 0.25) is 0 Å². The third-order valence-corrected chi connectivity index (χ3v) is 6.58. The third kappa shape index (κ3) is 2.12. The van der Waals surface area contributed by atoms with Crippen molar-refractivity contribution in [3.05, 3.63) is 4.88 Å². The van der Waals surface area contributed by atoms with Gasteiger partial charge in [0.2, 0.25) is 5.88 Å². The predicted octanol–water partition coefficient (Wildman–Crippen LogP) is 4.18. The van der Waals surface area contributed by atoms with E-state index in [4.69, 9.17) is 0 Å². The summed E-state index contributed by atoms with van der Waals surface area (Å²) >= 11 is 1.66. The van der Waals surface area contributed by atoms with E-state index < -0.39 is 0 Å². The lowest BCUT2D eigenvalue weighted by molar-refractivity contribution is 0.0107. The van der Waals surface area contributed by atoms with Crippen LogP contribution < -0.4 is 5.32 Å². The first-order valence-electron chi connectivity index (χ1n) is 8.12. The average molecular weight is 292 g/mol. The van der Waals surface area contributed by atoms with Crippen molar-refractivity contribution < 1.29 is 5.11 Å². The second-order valence-electron chi connectivity index (χ2n) is 7.34. The van der Waals surface area contributed by atoms with E-state index >= 15 is 0 Å². The molecular weight excluding hydrogens is 268 g/mol. The van der Waals surface area contributed by atoms with Gasteiger partial charge < -0.3 is 10.4 Å². The number of rotatable bonds is 4. The van der Waals surface area contributed by atoms with Crippen molar-refractivity contribution in [3.63, 3.8) is 0 Å². The van der Waals surface area contributed by atoms with Crippen LogP contribution in [0.4, 0.5) is 5.13 Å². The molecule has 2 N–H and O–H groups in total. The Hall–Kier alpha value is -0.770. The van der Waals surface area contributed by atoms with Gasteiger partial charge in [-0.2, -0.15) is 4.98 Å². The van der Waals surface area contributed by atoms with Gasteiger partial charge in [0.15, 0.2) is 5.13 Å². The molecule has 3 nitrogen and oxygen atoms in total. The summed E-state index contributed by atoms with van der Waals surface area (Å²) in [4.78, 5) is 5.41. The fourth-order valence-corrected chi connectivity index (χ4v) is 6.35. The highest BCUT2D eigenvalue weighted by molar-refractivity contribution is 7.15. The van der Waals surface area contributed by atoms with E-state index in [1.165, 1.54) is 38.5 Å². The Labute approximate surface area is 124 Å². The summed E-state index contributed by atoms with van der Waals surface area (Å²) in [6, 6.07) is 0. The number of nitrogens with one attached hydrogen (secondary N) is 1. The number of nitrogens with zero attached hydrogens (tertiary/aromatic N) is 1. The molecule has 0 atom stereocenters. The van der Waals surface area contributed by atoms with Gasteiger partial charge in [-0.1, -0.05) is 24.7 Å². The van der Waals surface area contributed by atoms with Gasteiger partial charge in [-0.05, 0) is 62.7 Å². The Bertz CT molecular complexity index is 475. The van der Waals surface area contributed by atoms with Gasteiger partial charge in [0, 0.05) is 5.54 Å². The number of aromatic hydroxyl groups is 1. The van der Waals surface area contributed by atoms with Crippen molar-refractivity contribution in [3.8, 4) is 5.88 Å². The summed E-state index contributed by atoms with van der Waals surface area (Å²) in [7, 11) is 0. The van der Waals surface area contributed by atoms with Crippen molar-refractivity contribution in [2.24, 2.45) is 17.8 Å². The Morgan fingerprint density at radius 1 is 1.20 bits per heavy atom. The molecule has 0 amide bonds. The molecule has 0 saturated heterocycles. The van der Waals surface area contributed by atoms with Crippen LogP contribution in [0.1, 0.15) is 56.7 Å². The molecule has 0 unspecified atom stereocenters. The van der Waals surface area contributed by atoms with E-state index in [2.05, 4.69) is 17.2 Å². The molecule has 4 heteroatoms. The molecule has 0 aromatic carbocycles. The van der Waals surface area contributed by atoms with Crippen LogP contribution in [0.3, 0.4) is 0 Å². The molecule has 0 aliphatic heterocycles. The maximum Gasteiger partial charge on any atom is 0.227 e. The second kappa shape index (κ2) is 4.62. The Morgan fingerprint density at radius 3 is 2.35 bits per heavy atom. The zero-order valence-corrected chi connectivity index (χ0v) is 13.0. The quantitative estimate of drug-likeness (QED) is 0.875.